The summed E-state index contributed by atoms with van der Waals surface area (Å²) < 4.78 is 5.97. The number of halogens is 1. The van der Waals surface area contributed by atoms with E-state index in [2.05, 4.69) is 59.7 Å². The van der Waals surface area contributed by atoms with Crippen molar-refractivity contribution in [3.63, 3.8) is 0 Å². The quantitative estimate of drug-likeness (QED) is 0.408. The molecule has 0 atom stereocenters. The van der Waals surface area contributed by atoms with Crippen LogP contribution in [0.5, 0.6) is 5.75 Å². The summed E-state index contributed by atoms with van der Waals surface area (Å²) in [4.78, 5) is 10.8. The van der Waals surface area contributed by atoms with E-state index in [1.54, 1.807) is 0 Å². The van der Waals surface area contributed by atoms with Crippen molar-refractivity contribution in [3.05, 3.63) is 29.3 Å². The number of carbonyl (C=O) groups is 1. The predicted octanol–water partition coefficient (Wildman–Crippen LogP) is 5.99. The van der Waals surface area contributed by atoms with Crippen LogP contribution in [0.2, 0.25) is 0 Å². The summed E-state index contributed by atoms with van der Waals surface area (Å²) in [6, 6.07) is 6.55. The summed E-state index contributed by atoms with van der Waals surface area (Å²) in [7, 11) is 0. The summed E-state index contributed by atoms with van der Waals surface area (Å²) in [6.45, 7) is 14.0. The first kappa shape index (κ1) is 20.0. The van der Waals surface area contributed by atoms with E-state index in [-0.39, 0.29) is 16.1 Å². The van der Waals surface area contributed by atoms with Gasteiger partial charge in [-0.2, -0.15) is 0 Å². The van der Waals surface area contributed by atoms with Crippen LogP contribution in [0, 0.1) is 0 Å². The number of benzene rings is 1. The average molecular weight is 339 g/mol. The fourth-order valence-corrected chi connectivity index (χ4v) is 2.53. The molecule has 0 aliphatic rings. The van der Waals surface area contributed by atoms with Crippen LogP contribution in [0.25, 0.3) is 0 Å². The second-order valence-electron chi connectivity index (χ2n) is 7.49. The zero-order chi connectivity index (χ0) is 17.7. The number of carbonyl (C=O) groups excluding carboxylic acids is 1. The summed E-state index contributed by atoms with van der Waals surface area (Å²) in [5, 5.41) is -0.303. The fraction of sp³-hybridized carbons (Fsp3) is 0.650. The maximum absolute atomic E-state index is 10.8. The van der Waals surface area contributed by atoms with Crippen LogP contribution in [0.1, 0.15) is 78.4 Å². The number of hydrogen-bond donors (Lipinski definition) is 0. The van der Waals surface area contributed by atoms with Gasteiger partial charge in [-0.1, -0.05) is 53.7 Å². The van der Waals surface area contributed by atoms with Crippen LogP contribution in [0.3, 0.4) is 0 Å². The summed E-state index contributed by atoms with van der Waals surface area (Å²) >= 11 is 5.38. The highest BCUT2D eigenvalue weighted by molar-refractivity contribution is 6.63. The van der Waals surface area contributed by atoms with Gasteiger partial charge in [0, 0.05) is 12.0 Å². The Hall–Kier alpha value is -1.02. The molecule has 0 amide bonds. The van der Waals surface area contributed by atoms with Gasteiger partial charge in [0.2, 0.25) is 5.24 Å². The topological polar surface area (TPSA) is 26.3 Å². The molecule has 0 N–H and O–H groups in total. The predicted molar refractivity (Wildman–Crippen MR) is 98.7 cm³/mol. The van der Waals surface area contributed by atoms with Crippen molar-refractivity contribution < 1.29 is 9.53 Å². The molecule has 0 aliphatic heterocycles. The van der Waals surface area contributed by atoms with E-state index in [1.165, 1.54) is 11.1 Å². The Balaban J connectivity index is 3.07. The average Bonchev–Trinajstić information content (AvgIpc) is 2.51. The molecule has 0 saturated carbocycles. The molecular formula is C20H31ClO2. The molecule has 0 aromatic heterocycles. The molecule has 3 heteroatoms. The van der Waals surface area contributed by atoms with Gasteiger partial charge < -0.3 is 4.74 Å². The number of rotatable bonds is 9. The second kappa shape index (κ2) is 8.19. The minimum Gasteiger partial charge on any atom is -0.493 e. The van der Waals surface area contributed by atoms with Gasteiger partial charge in [0.05, 0.1) is 6.61 Å². The summed E-state index contributed by atoms with van der Waals surface area (Å²) in [5.74, 6) is 0.925. The monoisotopic (exact) mass is 338 g/mol. The maximum atomic E-state index is 10.8. The SMILES string of the molecule is CCC(C)(C)c1ccc(OCCCC(=O)Cl)c(C(C)(C)CC)c1. The minimum absolute atomic E-state index is 0.0530. The third-order valence-corrected chi connectivity index (χ3v) is 5.22. The van der Waals surface area contributed by atoms with Crippen LogP contribution < -0.4 is 4.74 Å². The first-order chi connectivity index (χ1) is 10.6. The van der Waals surface area contributed by atoms with Crippen molar-refractivity contribution >= 4 is 16.8 Å². The Morgan fingerprint density at radius 2 is 1.70 bits per heavy atom. The molecule has 1 rings (SSSR count). The lowest BCUT2D eigenvalue weighted by molar-refractivity contribution is -0.111. The Bertz CT molecular complexity index is 532. The van der Waals surface area contributed by atoms with E-state index in [4.69, 9.17) is 16.3 Å². The molecule has 23 heavy (non-hydrogen) atoms. The molecule has 0 unspecified atom stereocenters. The third-order valence-electron chi connectivity index (χ3n) is 5.03. The van der Waals surface area contributed by atoms with Gasteiger partial charge in [0.15, 0.2) is 0 Å². The van der Waals surface area contributed by atoms with E-state index < -0.39 is 0 Å². The molecular weight excluding hydrogens is 308 g/mol. The van der Waals surface area contributed by atoms with Gasteiger partial charge in [-0.3, -0.25) is 4.79 Å². The highest BCUT2D eigenvalue weighted by Gasteiger charge is 2.26. The standard InChI is InChI=1S/C20H31ClO2/c1-7-19(3,4)15-11-12-17(23-13-9-10-18(21)22)16(14-15)20(5,6)8-2/h11-12,14H,7-10,13H2,1-6H3. The smallest absolute Gasteiger partial charge is 0.221 e. The first-order valence-electron chi connectivity index (χ1n) is 8.60. The van der Waals surface area contributed by atoms with Gasteiger partial charge >= 0.3 is 0 Å². The Morgan fingerprint density at radius 3 is 2.22 bits per heavy atom. The van der Waals surface area contributed by atoms with E-state index >= 15 is 0 Å². The minimum atomic E-state index is -0.303. The zero-order valence-corrected chi connectivity index (χ0v) is 16.2. The van der Waals surface area contributed by atoms with Crippen molar-refractivity contribution in [2.45, 2.75) is 78.1 Å². The molecule has 1 aromatic carbocycles. The van der Waals surface area contributed by atoms with Crippen LogP contribution in [-0.2, 0) is 15.6 Å². The molecule has 0 aliphatic carbocycles. The van der Waals surface area contributed by atoms with Crippen LogP contribution >= 0.6 is 11.6 Å². The number of hydrogen-bond acceptors (Lipinski definition) is 2. The molecule has 0 saturated heterocycles. The summed E-state index contributed by atoms with van der Waals surface area (Å²) in [5.41, 5.74) is 2.80. The van der Waals surface area contributed by atoms with Crippen molar-refractivity contribution in [1.29, 1.82) is 0 Å². The highest BCUT2D eigenvalue weighted by atomic mass is 35.5. The van der Waals surface area contributed by atoms with E-state index in [9.17, 15) is 4.79 Å². The molecule has 0 spiro atoms. The third kappa shape index (κ3) is 5.53. The Kier molecular flexibility index (Phi) is 7.13. The van der Waals surface area contributed by atoms with Gasteiger partial charge in [-0.25, -0.2) is 0 Å². The highest BCUT2D eigenvalue weighted by Crippen LogP contribution is 2.38. The molecule has 0 radical (unpaired) electrons. The van der Waals surface area contributed by atoms with E-state index in [0.717, 1.165) is 18.6 Å². The lowest BCUT2D eigenvalue weighted by Crippen LogP contribution is -2.21. The second-order valence-corrected chi connectivity index (χ2v) is 7.91. The normalized spacial score (nSPS) is 12.3. The van der Waals surface area contributed by atoms with E-state index in [0.29, 0.717) is 19.4 Å². The van der Waals surface area contributed by atoms with Crippen molar-refractivity contribution in [3.8, 4) is 5.75 Å². The van der Waals surface area contributed by atoms with Gasteiger partial charge in [-0.15, -0.1) is 0 Å². The molecule has 0 fully saturated rings. The van der Waals surface area contributed by atoms with Gasteiger partial charge in [0.1, 0.15) is 5.75 Å². The maximum Gasteiger partial charge on any atom is 0.221 e. The van der Waals surface area contributed by atoms with Crippen molar-refractivity contribution in [1.82, 2.24) is 0 Å². The molecule has 0 heterocycles. The van der Waals surface area contributed by atoms with Crippen molar-refractivity contribution in [2.75, 3.05) is 6.61 Å². The Labute approximate surface area is 146 Å². The van der Waals surface area contributed by atoms with Crippen LogP contribution in [-0.4, -0.2) is 11.8 Å². The largest absolute Gasteiger partial charge is 0.493 e. The summed E-state index contributed by atoms with van der Waals surface area (Å²) in [6.07, 6.45) is 3.14. The fourth-order valence-electron chi connectivity index (χ4n) is 2.39. The van der Waals surface area contributed by atoms with E-state index in [1.807, 2.05) is 0 Å². The van der Waals surface area contributed by atoms with Gasteiger partial charge in [0.25, 0.3) is 0 Å². The van der Waals surface area contributed by atoms with Crippen molar-refractivity contribution in [2.24, 2.45) is 0 Å². The molecule has 130 valence electrons. The lowest BCUT2D eigenvalue weighted by atomic mass is 9.76. The lowest BCUT2D eigenvalue weighted by Gasteiger charge is -2.30. The molecule has 1 aromatic rings. The zero-order valence-electron chi connectivity index (χ0n) is 15.5. The number of ether oxygens (including phenoxy) is 1. The molecule has 2 nitrogen and oxygen atoms in total. The van der Waals surface area contributed by atoms with Crippen LogP contribution in [0.4, 0.5) is 0 Å². The first-order valence-corrected chi connectivity index (χ1v) is 8.98. The van der Waals surface area contributed by atoms with Gasteiger partial charge in [-0.05, 0) is 53.3 Å². The molecule has 0 bridgehead atoms. The Morgan fingerprint density at radius 1 is 1.09 bits per heavy atom. The van der Waals surface area contributed by atoms with Crippen LogP contribution in [0.15, 0.2) is 18.2 Å².